The van der Waals surface area contributed by atoms with Crippen molar-refractivity contribution in [1.29, 1.82) is 0 Å². The van der Waals surface area contributed by atoms with Crippen molar-refractivity contribution < 1.29 is 9.90 Å². The van der Waals surface area contributed by atoms with Gasteiger partial charge in [0.1, 0.15) is 0 Å². The third-order valence-corrected chi connectivity index (χ3v) is 1.58. The zero-order valence-corrected chi connectivity index (χ0v) is 6.37. The molecule has 0 saturated carbocycles. The molecule has 0 spiro atoms. The van der Waals surface area contributed by atoms with Crippen LogP contribution in [0, 0.1) is 0 Å². The van der Waals surface area contributed by atoms with Crippen molar-refractivity contribution in [1.82, 2.24) is 0 Å². The summed E-state index contributed by atoms with van der Waals surface area (Å²) in [6, 6.07) is 6.98. The number of benzene rings is 1. The molecule has 0 amide bonds. The van der Waals surface area contributed by atoms with Gasteiger partial charge in [0.2, 0.25) is 0 Å². The summed E-state index contributed by atoms with van der Waals surface area (Å²) >= 11 is 0. The molecular formula is C9H14Na4O2. The fourth-order valence-corrected chi connectivity index (χ4v) is 0.924. The fourth-order valence-electron chi connectivity index (χ4n) is 0.924. The number of carboxylic acid groups (broad SMARTS) is 1. The van der Waals surface area contributed by atoms with Gasteiger partial charge in [0.25, 0.3) is 0 Å². The number of hydrogen-bond donors (Lipinski definition) is 1. The Morgan fingerprint density at radius 3 is 2.13 bits per heavy atom. The summed E-state index contributed by atoms with van der Waals surface area (Å²) in [4.78, 5) is 10.5. The Hall–Kier alpha value is 2.69. The zero-order valence-electron chi connectivity index (χ0n) is 6.37. The van der Waals surface area contributed by atoms with Gasteiger partial charge in [0.15, 0.2) is 0 Å². The molecule has 0 aliphatic carbocycles. The van der Waals surface area contributed by atoms with Crippen molar-refractivity contribution in [3.63, 3.8) is 0 Å². The minimum atomic E-state index is -0.861. The monoisotopic (exact) mass is 246 g/mol. The van der Waals surface area contributed by atoms with Crippen molar-refractivity contribution in [2.24, 2.45) is 0 Å². The van der Waals surface area contributed by atoms with Crippen molar-refractivity contribution >= 4 is 124 Å². The first-order valence-corrected chi connectivity index (χ1v) is 3.56. The van der Waals surface area contributed by atoms with Crippen LogP contribution in [-0.4, -0.2) is 129 Å². The van der Waals surface area contributed by atoms with Crippen LogP contribution in [-0.2, 0) is 6.42 Å². The van der Waals surface area contributed by atoms with Gasteiger partial charge in [-0.15, -0.1) is 0 Å². The molecule has 0 heterocycles. The van der Waals surface area contributed by atoms with E-state index in [-0.39, 0.29) is 118 Å². The molecule has 15 heavy (non-hydrogen) atoms. The second-order valence-electron chi connectivity index (χ2n) is 2.36. The summed E-state index contributed by atoms with van der Waals surface area (Å²) in [7, 11) is 0. The standard InChI is InChI=1S/C9H10O2.4Na.4H/c1-2-7-4-3-5-8(6-7)9(10)11;;;;;;;;/h3-6H,2H2,1H3,(H,10,11);;;;;;;;. The molecule has 1 N–H and O–H groups in total. The number of rotatable bonds is 2. The Bertz CT molecular complexity index is 279. The predicted molar refractivity (Wildman–Crippen MR) is 71.4 cm³/mol. The summed E-state index contributed by atoms with van der Waals surface area (Å²) in [5, 5.41) is 8.60. The van der Waals surface area contributed by atoms with Crippen molar-refractivity contribution in [2.45, 2.75) is 13.3 Å². The van der Waals surface area contributed by atoms with Crippen LogP contribution >= 0.6 is 0 Å². The molecule has 66 valence electrons. The predicted octanol–water partition coefficient (Wildman–Crippen LogP) is -0.647. The summed E-state index contributed by atoms with van der Waals surface area (Å²) < 4.78 is 0. The number of carboxylic acids is 1. The Balaban J connectivity index is -0.000000151. The topological polar surface area (TPSA) is 37.3 Å². The Kier molecular flexibility index (Phi) is 25.9. The van der Waals surface area contributed by atoms with Gasteiger partial charge < -0.3 is 5.11 Å². The van der Waals surface area contributed by atoms with Gasteiger partial charge in [0.05, 0.1) is 5.56 Å². The van der Waals surface area contributed by atoms with Gasteiger partial charge in [-0.3, -0.25) is 0 Å². The van der Waals surface area contributed by atoms with E-state index >= 15 is 0 Å². The maximum absolute atomic E-state index is 10.5. The molecule has 2 nitrogen and oxygen atoms in total. The average Bonchev–Trinajstić information content (AvgIpc) is 2.05. The van der Waals surface area contributed by atoms with Crippen LogP contribution in [0.4, 0.5) is 0 Å². The van der Waals surface area contributed by atoms with Crippen molar-refractivity contribution in [2.75, 3.05) is 0 Å². The first kappa shape index (κ1) is 26.3. The van der Waals surface area contributed by atoms with Crippen molar-refractivity contribution in [3.05, 3.63) is 35.4 Å². The van der Waals surface area contributed by atoms with E-state index in [1.807, 2.05) is 13.0 Å². The number of aryl methyl sites for hydroxylation is 1. The van der Waals surface area contributed by atoms with E-state index in [0.717, 1.165) is 12.0 Å². The molecule has 1 aromatic carbocycles. The van der Waals surface area contributed by atoms with E-state index in [1.54, 1.807) is 18.2 Å². The number of aromatic carboxylic acids is 1. The first-order chi connectivity index (χ1) is 5.24. The maximum atomic E-state index is 10.5. The molecule has 0 atom stereocenters. The quantitative estimate of drug-likeness (QED) is 0.704. The molecule has 0 aromatic heterocycles. The molecular weight excluding hydrogens is 232 g/mol. The van der Waals surface area contributed by atoms with E-state index in [4.69, 9.17) is 5.11 Å². The summed E-state index contributed by atoms with van der Waals surface area (Å²) in [6.07, 6.45) is 0.876. The van der Waals surface area contributed by atoms with Crippen LogP contribution in [0.3, 0.4) is 0 Å². The first-order valence-electron chi connectivity index (χ1n) is 3.56. The molecule has 0 radical (unpaired) electrons. The summed E-state index contributed by atoms with van der Waals surface area (Å²) in [5.74, 6) is -0.861. The van der Waals surface area contributed by atoms with Gasteiger partial charge in [-0.05, 0) is 24.1 Å². The van der Waals surface area contributed by atoms with Gasteiger partial charge >= 0.3 is 124 Å². The Labute approximate surface area is 179 Å². The van der Waals surface area contributed by atoms with Gasteiger partial charge in [-0.2, -0.15) is 0 Å². The summed E-state index contributed by atoms with van der Waals surface area (Å²) in [5.41, 5.74) is 1.43. The molecule has 6 heteroatoms. The van der Waals surface area contributed by atoms with Crippen LogP contribution in [0.2, 0.25) is 0 Å². The molecule has 0 saturated heterocycles. The Morgan fingerprint density at radius 1 is 1.20 bits per heavy atom. The number of hydrogen-bond acceptors (Lipinski definition) is 1. The van der Waals surface area contributed by atoms with E-state index in [2.05, 4.69) is 0 Å². The molecule has 0 fully saturated rings. The van der Waals surface area contributed by atoms with Gasteiger partial charge in [-0.25, -0.2) is 4.79 Å². The van der Waals surface area contributed by atoms with E-state index in [0.29, 0.717) is 5.56 Å². The third kappa shape index (κ3) is 10.3. The molecule has 0 unspecified atom stereocenters. The normalized spacial score (nSPS) is 7.00. The van der Waals surface area contributed by atoms with Gasteiger partial charge in [-0.1, -0.05) is 19.1 Å². The minimum absolute atomic E-state index is 0. The van der Waals surface area contributed by atoms with Crippen LogP contribution in [0.25, 0.3) is 0 Å². The fraction of sp³-hybridized carbons (Fsp3) is 0.222. The molecule has 0 aliphatic rings. The van der Waals surface area contributed by atoms with Crippen LogP contribution in [0.5, 0.6) is 0 Å². The van der Waals surface area contributed by atoms with E-state index in [1.165, 1.54) is 0 Å². The molecule has 0 aliphatic heterocycles. The third-order valence-electron chi connectivity index (χ3n) is 1.58. The van der Waals surface area contributed by atoms with Gasteiger partial charge in [0, 0.05) is 0 Å². The molecule has 0 bridgehead atoms. The van der Waals surface area contributed by atoms with Crippen LogP contribution < -0.4 is 0 Å². The Morgan fingerprint density at radius 2 is 1.73 bits per heavy atom. The van der Waals surface area contributed by atoms with E-state index in [9.17, 15) is 4.79 Å². The van der Waals surface area contributed by atoms with E-state index < -0.39 is 5.97 Å². The SMILES string of the molecule is CCc1cccc(C(=O)O)c1.[NaH].[NaH].[NaH].[NaH]. The second kappa shape index (κ2) is 14.7. The zero-order chi connectivity index (χ0) is 8.27. The van der Waals surface area contributed by atoms with Crippen LogP contribution in [0.15, 0.2) is 24.3 Å². The molecule has 1 aromatic rings. The second-order valence-corrected chi connectivity index (χ2v) is 2.36. The van der Waals surface area contributed by atoms with Crippen LogP contribution in [0.1, 0.15) is 22.8 Å². The average molecular weight is 246 g/mol. The number of carbonyl (C=O) groups is 1. The van der Waals surface area contributed by atoms with Crippen molar-refractivity contribution in [3.8, 4) is 0 Å². The molecule has 1 rings (SSSR count). The summed E-state index contributed by atoms with van der Waals surface area (Å²) in [6.45, 7) is 2.00.